The molecule has 0 aliphatic heterocycles. The monoisotopic (exact) mass is 316 g/mol. The molecular formula is C17H20N2O4. The molecule has 1 saturated carbocycles. The van der Waals surface area contributed by atoms with Gasteiger partial charge in [-0.05, 0) is 30.0 Å². The summed E-state index contributed by atoms with van der Waals surface area (Å²) in [6.07, 6.45) is 0.877. The van der Waals surface area contributed by atoms with Gasteiger partial charge in [0, 0.05) is 5.92 Å². The van der Waals surface area contributed by atoms with E-state index in [2.05, 4.69) is 0 Å². The van der Waals surface area contributed by atoms with E-state index in [0.29, 0.717) is 18.3 Å². The molecule has 2 aromatic rings. The number of benzene rings is 1. The molecule has 1 heterocycles. The average Bonchev–Trinajstić information content (AvgIpc) is 3.15. The average molecular weight is 316 g/mol. The third-order valence-corrected chi connectivity index (χ3v) is 3.99. The maximum atomic E-state index is 10.8. The van der Waals surface area contributed by atoms with E-state index in [1.807, 2.05) is 42.5 Å². The minimum Gasteiger partial charge on any atom is -0.463 e. The molecule has 6 heteroatoms. The normalized spacial score (nSPS) is 19.5. The van der Waals surface area contributed by atoms with Crippen molar-refractivity contribution in [2.45, 2.75) is 25.6 Å². The summed E-state index contributed by atoms with van der Waals surface area (Å²) in [7, 11) is 0. The zero-order valence-electron chi connectivity index (χ0n) is 12.7. The highest BCUT2D eigenvalue weighted by Crippen LogP contribution is 2.48. The predicted molar refractivity (Wildman–Crippen MR) is 82.6 cm³/mol. The Balaban J connectivity index is 1.45. The van der Waals surface area contributed by atoms with Crippen LogP contribution >= 0.6 is 0 Å². The lowest BCUT2D eigenvalue weighted by molar-refractivity contribution is -0.0433. The fourth-order valence-electron chi connectivity index (χ4n) is 2.63. The van der Waals surface area contributed by atoms with Crippen LogP contribution in [0.4, 0.5) is 4.79 Å². The second kappa shape index (κ2) is 6.85. The van der Waals surface area contributed by atoms with E-state index in [0.717, 1.165) is 23.5 Å². The second-order valence-electron chi connectivity index (χ2n) is 5.81. The molecule has 23 heavy (non-hydrogen) atoms. The topological polar surface area (TPSA) is 88.9 Å². The molecule has 1 aliphatic rings. The Hall–Kier alpha value is -2.31. The third kappa shape index (κ3) is 4.12. The van der Waals surface area contributed by atoms with Crippen molar-refractivity contribution in [3.63, 3.8) is 0 Å². The van der Waals surface area contributed by atoms with Crippen molar-refractivity contribution < 1.29 is 19.2 Å². The Morgan fingerprint density at radius 2 is 2.04 bits per heavy atom. The molecule has 1 aromatic carbocycles. The van der Waals surface area contributed by atoms with Gasteiger partial charge in [-0.2, -0.15) is 0 Å². The lowest BCUT2D eigenvalue weighted by Gasteiger charge is -2.10. The molecule has 1 fully saturated rings. The van der Waals surface area contributed by atoms with E-state index in [4.69, 9.17) is 14.9 Å². The molecule has 2 unspecified atom stereocenters. The van der Waals surface area contributed by atoms with Crippen LogP contribution in [-0.4, -0.2) is 22.8 Å². The SMILES string of the molecule is NC(=O)N(O)CC1CC1c1ccc(COCc2ccccc2)o1. The molecule has 2 amide bonds. The first-order chi connectivity index (χ1) is 11.1. The van der Waals surface area contributed by atoms with E-state index in [-0.39, 0.29) is 18.4 Å². The van der Waals surface area contributed by atoms with E-state index in [1.165, 1.54) is 0 Å². The van der Waals surface area contributed by atoms with Crippen LogP contribution in [0.2, 0.25) is 0 Å². The van der Waals surface area contributed by atoms with Crippen LogP contribution in [0, 0.1) is 5.92 Å². The summed E-state index contributed by atoms with van der Waals surface area (Å²) in [5.74, 6) is 2.06. The van der Waals surface area contributed by atoms with Crippen molar-refractivity contribution in [3.8, 4) is 0 Å². The van der Waals surface area contributed by atoms with Gasteiger partial charge in [0.15, 0.2) is 0 Å². The van der Waals surface area contributed by atoms with Crippen LogP contribution in [0.15, 0.2) is 46.9 Å². The number of nitrogens with two attached hydrogens (primary N) is 1. The highest BCUT2D eigenvalue weighted by atomic mass is 16.5. The standard InChI is InChI=1S/C17H20N2O4/c18-17(20)19(21)9-13-8-15(13)16-7-6-14(23-16)11-22-10-12-4-2-1-3-5-12/h1-7,13,15,21H,8-11H2,(H2,18,20). The summed E-state index contributed by atoms with van der Waals surface area (Å²) in [6, 6.07) is 13.0. The van der Waals surface area contributed by atoms with Gasteiger partial charge in [0.1, 0.15) is 18.1 Å². The van der Waals surface area contributed by atoms with Gasteiger partial charge in [0.2, 0.25) is 0 Å². The smallest absolute Gasteiger partial charge is 0.338 e. The Morgan fingerprint density at radius 3 is 2.78 bits per heavy atom. The summed E-state index contributed by atoms with van der Waals surface area (Å²) in [6.45, 7) is 1.20. The number of ether oxygens (including phenoxy) is 1. The zero-order valence-corrected chi connectivity index (χ0v) is 12.7. The molecule has 0 spiro atoms. The predicted octanol–water partition coefficient (Wildman–Crippen LogP) is 2.87. The van der Waals surface area contributed by atoms with Gasteiger partial charge in [-0.25, -0.2) is 9.86 Å². The molecule has 6 nitrogen and oxygen atoms in total. The Bertz CT molecular complexity index is 656. The van der Waals surface area contributed by atoms with Crippen LogP contribution in [0.1, 0.15) is 29.4 Å². The van der Waals surface area contributed by atoms with Crippen molar-refractivity contribution in [2.75, 3.05) is 6.54 Å². The lowest BCUT2D eigenvalue weighted by Crippen LogP contribution is -2.34. The third-order valence-electron chi connectivity index (χ3n) is 3.99. The molecule has 1 aromatic heterocycles. The van der Waals surface area contributed by atoms with E-state index < -0.39 is 6.03 Å². The number of urea groups is 1. The summed E-state index contributed by atoms with van der Waals surface area (Å²) < 4.78 is 11.4. The van der Waals surface area contributed by atoms with Crippen molar-refractivity contribution in [1.82, 2.24) is 5.06 Å². The Kier molecular flexibility index (Phi) is 4.64. The quantitative estimate of drug-likeness (QED) is 0.607. The van der Waals surface area contributed by atoms with E-state index >= 15 is 0 Å². The molecule has 0 bridgehead atoms. The highest BCUT2D eigenvalue weighted by Gasteiger charge is 2.42. The van der Waals surface area contributed by atoms with Crippen LogP contribution in [0.5, 0.6) is 0 Å². The molecule has 122 valence electrons. The highest BCUT2D eigenvalue weighted by molar-refractivity contribution is 5.70. The molecule has 0 radical (unpaired) electrons. The van der Waals surface area contributed by atoms with Crippen molar-refractivity contribution in [1.29, 1.82) is 0 Å². The first kappa shape index (κ1) is 15.6. The second-order valence-corrected chi connectivity index (χ2v) is 5.81. The number of amides is 2. The zero-order chi connectivity index (χ0) is 16.2. The van der Waals surface area contributed by atoms with Gasteiger partial charge in [-0.1, -0.05) is 30.3 Å². The summed E-state index contributed by atoms with van der Waals surface area (Å²) in [5.41, 5.74) is 6.12. The number of hydroxylamine groups is 2. The van der Waals surface area contributed by atoms with Crippen LogP contribution < -0.4 is 5.73 Å². The molecule has 3 rings (SSSR count). The molecular weight excluding hydrogens is 296 g/mol. The maximum absolute atomic E-state index is 10.8. The number of carbonyl (C=O) groups excluding carboxylic acids is 1. The van der Waals surface area contributed by atoms with Gasteiger partial charge in [-0.15, -0.1) is 0 Å². The van der Waals surface area contributed by atoms with Gasteiger partial charge in [0.05, 0.1) is 13.2 Å². The number of hydrogen-bond acceptors (Lipinski definition) is 4. The van der Waals surface area contributed by atoms with Crippen LogP contribution in [0.25, 0.3) is 0 Å². The van der Waals surface area contributed by atoms with Gasteiger partial charge >= 0.3 is 6.03 Å². The van der Waals surface area contributed by atoms with Crippen LogP contribution in [-0.2, 0) is 18.0 Å². The minimum atomic E-state index is -0.829. The Morgan fingerprint density at radius 1 is 1.26 bits per heavy atom. The van der Waals surface area contributed by atoms with E-state index in [1.54, 1.807) is 0 Å². The van der Waals surface area contributed by atoms with Crippen molar-refractivity contribution in [2.24, 2.45) is 11.7 Å². The first-order valence-electron chi connectivity index (χ1n) is 7.59. The number of primary amides is 1. The molecule has 0 saturated heterocycles. The Labute approximate surface area is 134 Å². The number of furan rings is 1. The molecule has 2 atom stereocenters. The maximum Gasteiger partial charge on any atom is 0.338 e. The summed E-state index contributed by atoms with van der Waals surface area (Å²) in [5, 5.41) is 9.89. The number of hydrogen-bond donors (Lipinski definition) is 2. The summed E-state index contributed by atoms with van der Waals surface area (Å²) >= 11 is 0. The number of nitrogens with zero attached hydrogens (tertiary/aromatic N) is 1. The van der Waals surface area contributed by atoms with Crippen molar-refractivity contribution >= 4 is 6.03 Å². The van der Waals surface area contributed by atoms with Gasteiger partial charge in [-0.3, -0.25) is 5.21 Å². The lowest BCUT2D eigenvalue weighted by atomic mass is 10.2. The molecule has 3 N–H and O–H groups in total. The first-order valence-corrected chi connectivity index (χ1v) is 7.59. The van der Waals surface area contributed by atoms with Gasteiger partial charge in [0.25, 0.3) is 0 Å². The number of carbonyl (C=O) groups is 1. The van der Waals surface area contributed by atoms with Crippen LogP contribution in [0.3, 0.4) is 0 Å². The van der Waals surface area contributed by atoms with Crippen molar-refractivity contribution in [3.05, 3.63) is 59.5 Å². The minimum absolute atomic E-state index is 0.191. The fraction of sp³-hybridized carbons (Fsp3) is 0.353. The molecule has 1 aliphatic carbocycles. The van der Waals surface area contributed by atoms with Gasteiger partial charge < -0.3 is 14.9 Å². The fourth-order valence-corrected chi connectivity index (χ4v) is 2.63. The number of rotatable bonds is 7. The summed E-state index contributed by atoms with van der Waals surface area (Å²) in [4.78, 5) is 10.8. The van der Waals surface area contributed by atoms with E-state index in [9.17, 15) is 10.0 Å². The largest absolute Gasteiger partial charge is 0.463 e.